The van der Waals surface area contributed by atoms with Gasteiger partial charge in [0.2, 0.25) is 0 Å². The van der Waals surface area contributed by atoms with Crippen molar-refractivity contribution >= 4 is 82.7 Å². The van der Waals surface area contributed by atoms with Gasteiger partial charge in [-0.2, -0.15) is 0 Å². The quantitative estimate of drug-likeness (QED) is 0.167. The van der Waals surface area contributed by atoms with Crippen molar-refractivity contribution in [1.82, 2.24) is 4.57 Å². The monoisotopic (exact) mass is 619 g/mol. The third-order valence-electron chi connectivity index (χ3n) is 11.1. The SMILES string of the molecule is c1ccc2cc(-c3cc4c5c(c3)-n3c6ccc7ccccc7c6c6c7ccccc7cc(c63)B5Oc3c-4ccc4ccccc34)ccc2c1. The Balaban J connectivity index is 1.29. The van der Waals surface area contributed by atoms with Gasteiger partial charge in [-0.3, -0.25) is 0 Å². The molecule has 224 valence electrons. The van der Waals surface area contributed by atoms with E-state index < -0.39 is 0 Å². The van der Waals surface area contributed by atoms with Crippen molar-refractivity contribution in [3.63, 3.8) is 0 Å². The van der Waals surface area contributed by atoms with E-state index in [2.05, 4.69) is 162 Å². The Kier molecular flexibility index (Phi) is 4.82. The van der Waals surface area contributed by atoms with Crippen LogP contribution in [0.2, 0.25) is 0 Å². The summed E-state index contributed by atoms with van der Waals surface area (Å²) in [7, 11) is 0. The number of aromatic nitrogens is 1. The van der Waals surface area contributed by atoms with Gasteiger partial charge in [0.25, 0.3) is 0 Å². The number of nitrogens with zero attached hydrogens (tertiary/aromatic N) is 1. The summed E-state index contributed by atoms with van der Waals surface area (Å²) in [5.74, 6) is 0.966. The van der Waals surface area contributed by atoms with Crippen LogP contribution in [-0.4, -0.2) is 11.5 Å². The fraction of sp³-hybridized carbons (Fsp3) is 0. The Bertz CT molecular complexity index is 3100. The summed E-state index contributed by atoms with van der Waals surface area (Å²) >= 11 is 0. The maximum absolute atomic E-state index is 7.32. The van der Waals surface area contributed by atoms with Gasteiger partial charge in [-0.1, -0.05) is 133 Å². The summed E-state index contributed by atoms with van der Waals surface area (Å²) in [5, 5.41) is 12.5. The lowest BCUT2D eigenvalue weighted by atomic mass is 9.50. The standard InChI is InChI=1S/C46H26BNO/c1-2-12-30-23-31(18-17-27(30)9-1)33-24-38-37-21-19-29-11-4-8-16-36(29)46(37)49-47-39-25-32-13-5-7-15-35(32)43-42-34-14-6-3-10-28(34)20-22-40(42)48(45(39)43)41(26-33)44(38)47/h1-26H. The Hall–Kier alpha value is -6.32. The molecule has 3 heterocycles. The van der Waals surface area contributed by atoms with E-state index in [0.29, 0.717) is 0 Å². The number of hydrogen-bond acceptors (Lipinski definition) is 1. The molecule has 0 spiro atoms. The van der Waals surface area contributed by atoms with E-state index in [1.165, 1.54) is 92.8 Å². The lowest BCUT2D eigenvalue weighted by Crippen LogP contribution is -2.54. The predicted molar refractivity (Wildman–Crippen MR) is 207 cm³/mol. The lowest BCUT2D eigenvalue weighted by molar-refractivity contribution is 0.597. The fourth-order valence-electron chi connectivity index (χ4n) is 8.97. The van der Waals surface area contributed by atoms with Crippen molar-refractivity contribution in [2.24, 2.45) is 0 Å². The molecule has 10 aromatic rings. The second kappa shape index (κ2) is 9.18. The summed E-state index contributed by atoms with van der Waals surface area (Å²) in [6.45, 7) is -0.246. The van der Waals surface area contributed by atoms with Gasteiger partial charge in [-0.25, -0.2) is 0 Å². The van der Waals surface area contributed by atoms with E-state index in [1.807, 2.05) is 0 Å². The molecule has 2 nitrogen and oxygen atoms in total. The third-order valence-corrected chi connectivity index (χ3v) is 11.1. The average Bonchev–Trinajstić information content (AvgIpc) is 3.53. The molecule has 9 aromatic carbocycles. The molecule has 0 unspecified atom stereocenters. The van der Waals surface area contributed by atoms with Crippen LogP contribution in [0.4, 0.5) is 0 Å². The highest BCUT2D eigenvalue weighted by Crippen LogP contribution is 2.47. The van der Waals surface area contributed by atoms with Crippen molar-refractivity contribution in [2.75, 3.05) is 0 Å². The first-order chi connectivity index (χ1) is 24.3. The molecule has 2 aliphatic heterocycles. The second-order valence-electron chi connectivity index (χ2n) is 13.6. The average molecular weight is 620 g/mol. The van der Waals surface area contributed by atoms with E-state index in [4.69, 9.17) is 4.65 Å². The lowest BCUT2D eigenvalue weighted by Gasteiger charge is -2.34. The Labute approximate surface area is 282 Å². The van der Waals surface area contributed by atoms with Gasteiger partial charge in [-0.15, -0.1) is 0 Å². The molecule has 0 fully saturated rings. The second-order valence-corrected chi connectivity index (χ2v) is 13.6. The van der Waals surface area contributed by atoms with Crippen molar-refractivity contribution in [1.29, 1.82) is 0 Å². The topological polar surface area (TPSA) is 14.2 Å². The Morgan fingerprint density at radius 1 is 0.449 bits per heavy atom. The molecule has 12 rings (SSSR count). The third kappa shape index (κ3) is 3.32. The molecule has 2 aliphatic rings. The molecule has 0 radical (unpaired) electrons. The summed E-state index contributed by atoms with van der Waals surface area (Å²) in [6, 6.07) is 58.1. The fourth-order valence-corrected chi connectivity index (χ4v) is 8.97. The minimum atomic E-state index is -0.246. The van der Waals surface area contributed by atoms with Crippen LogP contribution < -0.4 is 15.6 Å². The first-order valence-corrected chi connectivity index (χ1v) is 17.0. The van der Waals surface area contributed by atoms with Crippen molar-refractivity contribution in [2.45, 2.75) is 0 Å². The van der Waals surface area contributed by atoms with Crippen LogP contribution in [0.25, 0.3) is 92.8 Å². The number of benzene rings is 9. The van der Waals surface area contributed by atoms with Crippen LogP contribution >= 0.6 is 0 Å². The smallest absolute Gasteiger partial charge is 0.431 e. The maximum atomic E-state index is 7.32. The minimum absolute atomic E-state index is 0.246. The first kappa shape index (κ1) is 25.7. The molecule has 0 amide bonds. The summed E-state index contributed by atoms with van der Waals surface area (Å²) < 4.78 is 9.87. The van der Waals surface area contributed by atoms with Gasteiger partial charge in [0, 0.05) is 32.9 Å². The molecular formula is C46H26BNO. The summed E-state index contributed by atoms with van der Waals surface area (Å²) in [4.78, 5) is 0. The van der Waals surface area contributed by atoms with Gasteiger partial charge in [0.05, 0.1) is 11.0 Å². The molecule has 49 heavy (non-hydrogen) atoms. The van der Waals surface area contributed by atoms with Gasteiger partial charge >= 0.3 is 6.92 Å². The van der Waals surface area contributed by atoms with Crippen LogP contribution in [0.1, 0.15) is 0 Å². The van der Waals surface area contributed by atoms with Crippen molar-refractivity contribution < 1.29 is 4.65 Å². The number of hydrogen-bond donors (Lipinski definition) is 0. The highest BCUT2D eigenvalue weighted by atomic mass is 16.4. The van der Waals surface area contributed by atoms with Gasteiger partial charge < -0.3 is 9.22 Å². The molecule has 0 N–H and O–H groups in total. The molecule has 0 saturated carbocycles. The zero-order valence-corrected chi connectivity index (χ0v) is 26.4. The molecule has 1 aromatic heterocycles. The van der Waals surface area contributed by atoms with Gasteiger partial charge in [-0.05, 0) is 84.1 Å². The maximum Gasteiger partial charge on any atom is 0.431 e. The Morgan fingerprint density at radius 3 is 1.94 bits per heavy atom. The van der Waals surface area contributed by atoms with Crippen molar-refractivity contribution in [3.8, 4) is 33.7 Å². The Morgan fingerprint density at radius 2 is 1.10 bits per heavy atom. The number of rotatable bonds is 1. The van der Waals surface area contributed by atoms with Crippen LogP contribution in [-0.2, 0) is 0 Å². The van der Waals surface area contributed by atoms with Crippen LogP contribution in [0, 0.1) is 0 Å². The molecular weight excluding hydrogens is 593 g/mol. The van der Waals surface area contributed by atoms with E-state index >= 15 is 0 Å². The zero-order chi connectivity index (χ0) is 31.8. The van der Waals surface area contributed by atoms with E-state index in [-0.39, 0.29) is 6.92 Å². The normalized spacial score (nSPS) is 13.0. The van der Waals surface area contributed by atoms with Gasteiger partial charge in [0.1, 0.15) is 5.75 Å². The van der Waals surface area contributed by atoms with Crippen LogP contribution in [0.15, 0.2) is 158 Å². The highest BCUT2D eigenvalue weighted by Gasteiger charge is 2.42. The predicted octanol–water partition coefficient (Wildman–Crippen LogP) is 10.5. The summed E-state index contributed by atoms with van der Waals surface area (Å²) in [5.41, 5.74) is 10.9. The van der Waals surface area contributed by atoms with E-state index in [1.54, 1.807) is 0 Å². The summed E-state index contributed by atoms with van der Waals surface area (Å²) in [6.07, 6.45) is 0. The molecule has 0 aliphatic carbocycles. The van der Waals surface area contributed by atoms with E-state index in [0.717, 1.165) is 16.7 Å². The number of fused-ring (bicyclic) bond motifs is 14. The minimum Gasteiger partial charge on any atom is -0.550 e. The zero-order valence-electron chi connectivity index (χ0n) is 26.4. The molecule has 0 atom stereocenters. The molecule has 0 bridgehead atoms. The van der Waals surface area contributed by atoms with Crippen molar-refractivity contribution in [3.05, 3.63) is 158 Å². The highest BCUT2D eigenvalue weighted by molar-refractivity contribution is 6.86. The van der Waals surface area contributed by atoms with E-state index in [9.17, 15) is 0 Å². The first-order valence-electron chi connectivity index (χ1n) is 17.0. The largest absolute Gasteiger partial charge is 0.550 e. The van der Waals surface area contributed by atoms with Crippen LogP contribution in [0.3, 0.4) is 0 Å². The molecule has 3 heteroatoms. The van der Waals surface area contributed by atoms with Crippen LogP contribution in [0.5, 0.6) is 5.75 Å². The molecule has 0 saturated heterocycles. The van der Waals surface area contributed by atoms with Gasteiger partial charge in [0.15, 0.2) is 0 Å².